The van der Waals surface area contributed by atoms with Crippen LogP contribution < -0.4 is 16.0 Å². The molecule has 0 saturated carbocycles. The van der Waals surface area contributed by atoms with E-state index >= 15 is 0 Å². The van der Waals surface area contributed by atoms with E-state index in [-0.39, 0.29) is 37.0 Å². The van der Waals surface area contributed by atoms with Crippen LogP contribution in [0.1, 0.15) is 12.8 Å². The zero-order chi connectivity index (χ0) is 17.0. The molecule has 2 rings (SSSR count). The van der Waals surface area contributed by atoms with Crippen LogP contribution in [0.25, 0.3) is 0 Å². The van der Waals surface area contributed by atoms with E-state index in [1.165, 1.54) is 6.07 Å². The molecule has 2 amide bonds. The van der Waals surface area contributed by atoms with E-state index < -0.39 is 29.6 Å². The first kappa shape index (κ1) is 20.7. The molecule has 2 unspecified atom stereocenters. The van der Waals surface area contributed by atoms with Crippen LogP contribution in [0.4, 0.5) is 14.5 Å². The number of halogens is 3. The van der Waals surface area contributed by atoms with E-state index in [0.29, 0.717) is 6.42 Å². The first-order valence-electron chi connectivity index (χ1n) is 7.23. The van der Waals surface area contributed by atoms with Crippen molar-refractivity contribution < 1.29 is 18.4 Å². The summed E-state index contributed by atoms with van der Waals surface area (Å²) in [7, 11) is 0. The van der Waals surface area contributed by atoms with Gasteiger partial charge in [0, 0.05) is 13.0 Å². The van der Waals surface area contributed by atoms with Gasteiger partial charge < -0.3 is 16.0 Å². The summed E-state index contributed by atoms with van der Waals surface area (Å²) >= 11 is 1.59. The average molecular weight is 380 g/mol. The second-order valence-electron chi connectivity index (χ2n) is 5.37. The van der Waals surface area contributed by atoms with Crippen molar-refractivity contribution in [1.29, 1.82) is 0 Å². The molecule has 0 bridgehead atoms. The number of benzene rings is 1. The molecule has 134 valence electrons. The molecule has 3 N–H and O–H groups in total. The number of thioether (sulfide) groups is 1. The van der Waals surface area contributed by atoms with Gasteiger partial charge in [-0.3, -0.25) is 9.59 Å². The highest BCUT2D eigenvalue weighted by Gasteiger charge is 2.35. The summed E-state index contributed by atoms with van der Waals surface area (Å²) in [4.78, 5) is 25.0. The zero-order valence-electron chi connectivity index (χ0n) is 13.1. The van der Waals surface area contributed by atoms with Gasteiger partial charge in [-0.25, -0.2) is 8.78 Å². The fourth-order valence-electron chi connectivity index (χ4n) is 2.45. The molecular formula is C15H20ClF2N3O2S. The number of carbonyl (C=O) groups excluding carboxylic acids is 2. The van der Waals surface area contributed by atoms with Crippen molar-refractivity contribution in [3.8, 4) is 0 Å². The molecule has 0 aromatic heterocycles. The van der Waals surface area contributed by atoms with Crippen LogP contribution in [-0.4, -0.2) is 42.5 Å². The highest BCUT2D eigenvalue weighted by Crippen LogP contribution is 2.27. The Hall–Kier alpha value is -1.38. The smallest absolute Gasteiger partial charge is 0.237 e. The minimum Gasteiger partial charge on any atom is -0.350 e. The number of carbonyl (C=O) groups is 2. The molecule has 1 heterocycles. The van der Waals surface area contributed by atoms with Crippen molar-refractivity contribution in [2.45, 2.75) is 24.9 Å². The lowest BCUT2D eigenvalue weighted by Crippen LogP contribution is -2.46. The molecule has 1 aliphatic rings. The van der Waals surface area contributed by atoms with Crippen molar-refractivity contribution in [2.75, 3.05) is 23.5 Å². The molecule has 1 aromatic rings. The van der Waals surface area contributed by atoms with E-state index in [9.17, 15) is 18.4 Å². The quantitative estimate of drug-likeness (QED) is 0.788. The molecule has 0 aliphatic carbocycles. The van der Waals surface area contributed by atoms with Crippen molar-refractivity contribution in [3.05, 3.63) is 29.8 Å². The third-order valence-electron chi connectivity index (χ3n) is 3.65. The van der Waals surface area contributed by atoms with Gasteiger partial charge in [0.05, 0.1) is 12.1 Å². The highest BCUT2D eigenvalue weighted by molar-refractivity contribution is 7.98. The Morgan fingerprint density at radius 3 is 2.67 bits per heavy atom. The second-order valence-corrected chi connectivity index (χ2v) is 6.36. The predicted molar refractivity (Wildman–Crippen MR) is 93.5 cm³/mol. The summed E-state index contributed by atoms with van der Waals surface area (Å²) in [5, 5.41) is 2.68. The molecule has 9 heteroatoms. The molecular weight excluding hydrogens is 360 g/mol. The minimum absolute atomic E-state index is 0. The first-order valence-corrected chi connectivity index (χ1v) is 8.62. The summed E-state index contributed by atoms with van der Waals surface area (Å²) in [5.41, 5.74) is 5.39. The fourth-order valence-corrected chi connectivity index (χ4v) is 2.94. The number of para-hydroxylation sites is 1. The van der Waals surface area contributed by atoms with Crippen LogP contribution in [0.2, 0.25) is 0 Å². The first-order chi connectivity index (χ1) is 10.9. The van der Waals surface area contributed by atoms with Gasteiger partial charge in [-0.05, 0) is 30.6 Å². The molecule has 2 atom stereocenters. The summed E-state index contributed by atoms with van der Waals surface area (Å²) in [6.45, 7) is 0.0255. The summed E-state index contributed by atoms with van der Waals surface area (Å²) in [6.07, 6.45) is 2.44. The van der Waals surface area contributed by atoms with Gasteiger partial charge in [0.25, 0.3) is 0 Å². The lowest BCUT2D eigenvalue weighted by molar-refractivity contribution is -0.123. The second kappa shape index (κ2) is 9.19. The van der Waals surface area contributed by atoms with Gasteiger partial charge in [-0.15, -0.1) is 12.4 Å². The zero-order valence-corrected chi connectivity index (χ0v) is 14.8. The molecule has 1 aliphatic heterocycles. The van der Waals surface area contributed by atoms with Crippen molar-refractivity contribution >= 4 is 41.7 Å². The number of nitrogens with one attached hydrogen (secondary N) is 1. The Balaban J connectivity index is 0.00000288. The van der Waals surface area contributed by atoms with Crippen LogP contribution >= 0.6 is 24.2 Å². The van der Waals surface area contributed by atoms with Crippen molar-refractivity contribution in [2.24, 2.45) is 5.73 Å². The average Bonchev–Trinajstić information content (AvgIpc) is 2.85. The number of amides is 2. The highest BCUT2D eigenvalue weighted by atomic mass is 35.5. The third-order valence-corrected chi connectivity index (χ3v) is 4.29. The Kier molecular flexibility index (Phi) is 7.92. The lowest BCUT2D eigenvalue weighted by Gasteiger charge is -2.19. The predicted octanol–water partition coefficient (Wildman–Crippen LogP) is 1.69. The van der Waals surface area contributed by atoms with Gasteiger partial charge in [0.2, 0.25) is 11.8 Å². The molecule has 24 heavy (non-hydrogen) atoms. The third kappa shape index (κ3) is 4.81. The van der Waals surface area contributed by atoms with Crippen molar-refractivity contribution in [3.63, 3.8) is 0 Å². The van der Waals surface area contributed by atoms with E-state index in [1.54, 1.807) is 11.8 Å². The van der Waals surface area contributed by atoms with Gasteiger partial charge in [0.1, 0.15) is 17.3 Å². The molecule has 1 aromatic carbocycles. The molecule has 5 nitrogen and oxygen atoms in total. The Morgan fingerprint density at radius 2 is 2.08 bits per heavy atom. The summed E-state index contributed by atoms with van der Waals surface area (Å²) in [6, 6.07) is 2.26. The van der Waals surface area contributed by atoms with Crippen molar-refractivity contribution in [1.82, 2.24) is 5.32 Å². The maximum absolute atomic E-state index is 13.8. The van der Waals surface area contributed by atoms with Gasteiger partial charge in [-0.2, -0.15) is 11.8 Å². The van der Waals surface area contributed by atoms with Crippen LogP contribution in [0.15, 0.2) is 18.2 Å². The number of hydrogen-bond acceptors (Lipinski definition) is 4. The number of anilines is 1. The van der Waals surface area contributed by atoms with E-state index in [1.807, 2.05) is 6.26 Å². The molecule has 0 radical (unpaired) electrons. The Labute approximate surface area is 149 Å². The minimum atomic E-state index is -0.804. The summed E-state index contributed by atoms with van der Waals surface area (Å²) in [5.74, 6) is -1.64. The standard InChI is InChI=1S/C15H19F2N3O2S.ClH/c1-23-6-5-12(18)15(22)19-9-7-13(21)20(8-9)14-10(16)3-2-4-11(14)17;/h2-4,9,12H,5-8,18H2,1H3,(H,19,22);1H. The van der Waals surface area contributed by atoms with Gasteiger partial charge in [-0.1, -0.05) is 6.07 Å². The number of hydrogen-bond donors (Lipinski definition) is 2. The van der Waals surface area contributed by atoms with Crippen LogP contribution in [0.3, 0.4) is 0 Å². The topological polar surface area (TPSA) is 75.4 Å². The monoisotopic (exact) mass is 379 g/mol. The van der Waals surface area contributed by atoms with E-state index in [4.69, 9.17) is 5.73 Å². The molecule has 0 spiro atoms. The normalized spacial score (nSPS) is 18.2. The molecule has 1 fully saturated rings. The van der Waals surface area contributed by atoms with Gasteiger partial charge >= 0.3 is 0 Å². The summed E-state index contributed by atoms with van der Waals surface area (Å²) < 4.78 is 27.6. The fraction of sp³-hybridized carbons (Fsp3) is 0.467. The van der Waals surface area contributed by atoms with Crippen LogP contribution in [0, 0.1) is 11.6 Å². The lowest BCUT2D eigenvalue weighted by atomic mass is 10.2. The van der Waals surface area contributed by atoms with E-state index in [2.05, 4.69) is 5.32 Å². The maximum Gasteiger partial charge on any atom is 0.237 e. The SMILES string of the molecule is CSCCC(N)C(=O)NC1CC(=O)N(c2c(F)cccc2F)C1.Cl. The van der Waals surface area contributed by atoms with Crippen LogP contribution in [-0.2, 0) is 9.59 Å². The largest absolute Gasteiger partial charge is 0.350 e. The maximum atomic E-state index is 13.8. The Bertz CT molecular complexity index is 586. The van der Waals surface area contributed by atoms with Gasteiger partial charge in [0.15, 0.2) is 0 Å². The number of rotatable bonds is 6. The number of nitrogens with two attached hydrogens (primary N) is 1. The van der Waals surface area contributed by atoms with E-state index in [0.717, 1.165) is 22.8 Å². The number of nitrogens with zero attached hydrogens (tertiary/aromatic N) is 1. The molecule has 1 saturated heterocycles. The Morgan fingerprint density at radius 1 is 1.46 bits per heavy atom. The van der Waals surface area contributed by atoms with Crippen LogP contribution in [0.5, 0.6) is 0 Å².